The molecule has 0 aliphatic rings. The maximum absolute atomic E-state index is 3.58. The molecule has 0 fully saturated rings. The molecule has 0 aliphatic heterocycles. The third-order valence-corrected chi connectivity index (χ3v) is 4.88. The summed E-state index contributed by atoms with van der Waals surface area (Å²) in [5.74, 6) is 1.01. The first kappa shape index (κ1) is 12.5. The second kappa shape index (κ2) is 6.07. The van der Waals surface area contributed by atoms with E-state index in [2.05, 4.69) is 87.1 Å². The molecular weight excluding hydrogens is 395 g/mol. The van der Waals surface area contributed by atoms with E-state index in [0.29, 0.717) is 0 Å². The fraction of sp³-hybridized carbons (Fsp3) is 0.0769. The zero-order valence-corrected chi connectivity index (χ0v) is 13.1. The standard InChI is InChI=1S/C13H10BrIS/c14-12-7-6-11(15)8-13(12)16-9-10-4-2-1-3-5-10/h1-8H,9H2. The highest BCUT2D eigenvalue weighted by Crippen LogP contribution is 2.31. The molecule has 0 bridgehead atoms. The highest BCUT2D eigenvalue weighted by Gasteiger charge is 2.01. The van der Waals surface area contributed by atoms with Crippen LogP contribution < -0.4 is 0 Å². The topological polar surface area (TPSA) is 0 Å². The SMILES string of the molecule is Brc1ccc(I)cc1SCc1ccccc1. The van der Waals surface area contributed by atoms with Gasteiger partial charge in [0.2, 0.25) is 0 Å². The molecule has 0 aliphatic carbocycles. The van der Waals surface area contributed by atoms with E-state index in [1.54, 1.807) is 0 Å². The Balaban J connectivity index is 2.08. The molecule has 0 atom stereocenters. The molecule has 2 aromatic rings. The Bertz CT molecular complexity index is 471. The molecule has 82 valence electrons. The third kappa shape index (κ3) is 3.50. The van der Waals surface area contributed by atoms with Crippen molar-refractivity contribution in [1.29, 1.82) is 0 Å². The van der Waals surface area contributed by atoms with Gasteiger partial charge in [0, 0.05) is 18.7 Å². The van der Waals surface area contributed by atoms with Crippen molar-refractivity contribution in [1.82, 2.24) is 0 Å². The van der Waals surface area contributed by atoms with Gasteiger partial charge in [0.15, 0.2) is 0 Å². The molecule has 0 N–H and O–H groups in total. The summed E-state index contributed by atoms with van der Waals surface area (Å²) in [6.45, 7) is 0. The fourth-order valence-corrected chi connectivity index (χ4v) is 3.55. The van der Waals surface area contributed by atoms with Gasteiger partial charge in [-0.15, -0.1) is 11.8 Å². The van der Waals surface area contributed by atoms with Crippen molar-refractivity contribution in [3.05, 3.63) is 62.1 Å². The van der Waals surface area contributed by atoms with Gasteiger partial charge in [-0.3, -0.25) is 0 Å². The summed E-state index contributed by atoms with van der Waals surface area (Å²) in [5, 5.41) is 0. The average molecular weight is 405 g/mol. The second-order valence-corrected chi connectivity index (χ2v) is 6.47. The van der Waals surface area contributed by atoms with Crippen LogP contribution in [-0.4, -0.2) is 0 Å². The van der Waals surface area contributed by atoms with Crippen LogP contribution in [0.15, 0.2) is 57.9 Å². The van der Waals surface area contributed by atoms with Gasteiger partial charge in [-0.25, -0.2) is 0 Å². The minimum absolute atomic E-state index is 1.01. The summed E-state index contributed by atoms with van der Waals surface area (Å²) < 4.78 is 2.45. The minimum atomic E-state index is 1.01. The van der Waals surface area contributed by atoms with E-state index < -0.39 is 0 Å². The van der Waals surface area contributed by atoms with Gasteiger partial charge in [0.25, 0.3) is 0 Å². The zero-order chi connectivity index (χ0) is 11.4. The first-order chi connectivity index (χ1) is 7.75. The molecule has 2 rings (SSSR count). The van der Waals surface area contributed by atoms with E-state index in [-0.39, 0.29) is 0 Å². The Morgan fingerprint density at radius 3 is 2.56 bits per heavy atom. The molecule has 0 aromatic heterocycles. The first-order valence-electron chi connectivity index (χ1n) is 4.87. The van der Waals surface area contributed by atoms with Crippen LogP contribution in [0.2, 0.25) is 0 Å². The second-order valence-electron chi connectivity index (χ2n) is 3.35. The first-order valence-corrected chi connectivity index (χ1v) is 7.73. The molecule has 16 heavy (non-hydrogen) atoms. The average Bonchev–Trinajstić information content (AvgIpc) is 2.32. The Morgan fingerprint density at radius 1 is 1.06 bits per heavy atom. The van der Waals surface area contributed by atoms with Crippen LogP contribution >= 0.6 is 50.3 Å². The lowest BCUT2D eigenvalue weighted by atomic mass is 10.2. The quantitative estimate of drug-likeness (QED) is 0.491. The summed E-state index contributed by atoms with van der Waals surface area (Å²) in [7, 11) is 0. The van der Waals surface area contributed by atoms with Crippen molar-refractivity contribution in [2.24, 2.45) is 0 Å². The number of hydrogen-bond donors (Lipinski definition) is 0. The van der Waals surface area contributed by atoms with Crippen LogP contribution in [0.5, 0.6) is 0 Å². The number of halogens is 2. The van der Waals surface area contributed by atoms with Crippen LogP contribution in [0, 0.1) is 3.57 Å². The van der Waals surface area contributed by atoms with Crippen LogP contribution in [0.1, 0.15) is 5.56 Å². The molecule has 0 saturated carbocycles. The van der Waals surface area contributed by atoms with Gasteiger partial charge < -0.3 is 0 Å². The van der Waals surface area contributed by atoms with Crippen LogP contribution in [0.4, 0.5) is 0 Å². The lowest BCUT2D eigenvalue weighted by Crippen LogP contribution is -1.81. The summed E-state index contributed by atoms with van der Waals surface area (Å²) in [6, 6.07) is 17.0. The molecule has 0 unspecified atom stereocenters. The Morgan fingerprint density at radius 2 is 1.81 bits per heavy atom. The summed E-state index contributed by atoms with van der Waals surface area (Å²) in [4.78, 5) is 1.30. The Kier molecular flexibility index (Phi) is 4.73. The van der Waals surface area contributed by atoms with Crippen LogP contribution in [-0.2, 0) is 5.75 Å². The zero-order valence-electron chi connectivity index (χ0n) is 8.49. The normalized spacial score (nSPS) is 10.4. The molecule has 0 radical (unpaired) electrons. The van der Waals surface area contributed by atoms with E-state index >= 15 is 0 Å². The smallest absolute Gasteiger partial charge is 0.0312 e. The monoisotopic (exact) mass is 404 g/mol. The molecule has 0 nitrogen and oxygen atoms in total. The molecule has 0 heterocycles. The molecule has 0 amide bonds. The summed E-state index contributed by atoms with van der Waals surface area (Å²) in [6.07, 6.45) is 0. The molecule has 0 saturated heterocycles. The molecule has 0 spiro atoms. The Labute approximate surface area is 122 Å². The van der Waals surface area contributed by atoms with Crippen LogP contribution in [0.25, 0.3) is 0 Å². The summed E-state index contributed by atoms with van der Waals surface area (Å²) in [5.41, 5.74) is 1.36. The maximum atomic E-state index is 3.58. The third-order valence-electron chi connectivity index (χ3n) is 2.13. The van der Waals surface area contributed by atoms with Crippen molar-refractivity contribution in [3.63, 3.8) is 0 Å². The number of thioether (sulfide) groups is 1. The van der Waals surface area contributed by atoms with Crippen molar-refractivity contribution in [3.8, 4) is 0 Å². The van der Waals surface area contributed by atoms with E-state index in [1.165, 1.54) is 18.5 Å². The largest absolute Gasteiger partial charge is 0.120 e. The van der Waals surface area contributed by atoms with Gasteiger partial charge >= 0.3 is 0 Å². The predicted molar refractivity (Wildman–Crippen MR) is 82.9 cm³/mol. The summed E-state index contributed by atoms with van der Waals surface area (Å²) >= 11 is 7.78. The number of hydrogen-bond acceptors (Lipinski definition) is 1. The lowest BCUT2D eigenvalue weighted by Gasteiger charge is -2.05. The van der Waals surface area contributed by atoms with E-state index in [1.807, 2.05) is 11.8 Å². The lowest BCUT2D eigenvalue weighted by molar-refractivity contribution is 1.34. The van der Waals surface area contributed by atoms with Crippen molar-refractivity contribution < 1.29 is 0 Å². The van der Waals surface area contributed by atoms with Crippen molar-refractivity contribution in [2.75, 3.05) is 0 Å². The van der Waals surface area contributed by atoms with Gasteiger partial charge in [-0.2, -0.15) is 0 Å². The number of rotatable bonds is 3. The molecular formula is C13H10BrIS. The fourth-order valence-electron chi connectivity index (χ4n) is 1.32. The van der Waals surface area contributed by atoms with Gasteiger partial charge in [-0.05, 0) is 62.3 Å². The van der Waals surface area contributed by atoms with Crippen molar-refractivity contribution >= 4 is 50.3 Å². The highest BCUT2D eigenvalue weighted by atomic mass is 127. The highest BCUT2D eigenvalue weighted by molar-refractivity contribution is 14.1. The number of benzene rings is 2. The van der Waals surface area contributed by atoms with Gasteiger partial charge in [-0.1, -0.05) is 30.3 Å². The van der Waals surface area contributed by atoms with Crippen LogP contribution in [0.3, 0.4) is 0 Å². The maximum Gasteiger partial charge on any atom is 0.0312 e. The van der Waals surface area contributed by atoms with E-state index in [0.717, 1.165) is 5.75 Å². The predicted octanol–water partition coefficient (Wildman–Crippen LogP) is 5.35. The molecule has 3 heteroatoms. The van der Waals surface area contributed by atoms with Gasteiger partial charge in [0.1, 0.15) is 0 Å². The molecule has 2 aromatic carbocycles. The Hall–Kier alpha value is -0.000000000000000111. The minimum Gasteiger partial charge on any atom is -0.120 e. The van der Waals surface area contributed by atoms with Gasteiger partial charge in [0.05, 0.1) is 0 Å². The van der Waals surface area contributed by atoms with E-state index in [9.17, 15) is 0 Å². The van der Waals surface area contributed by atoms with E-state index in [4.69, 9.17) is 0 Å². The van der Waals surface area contributed by atoms with Crippen molar-refractivity contribution in [2.45, 2.75) is 10.6 Å².